The summed E-state index contributed by atoms with van der Waals surface area (Å²) in [5, 5.41) is 2.84. The van der Waals surface area contributed by atoms with Gasteiger partial charge in [-0.05, 0) is 42.8 Å². The Morgan fingerprint density at radius 3 is 2.09 bits per heavy atom. The van der Waals surface area contributed by atoms with E-state index in [2.05, 4.69) is 12.2 Å². The van der Waals surface area contributed by atoms with E-state index in [0.717, 1.165) is 12.2 Å². The van der Waals surface area contributed by atoms with E-state index in [1.807, 2.05) is 12.1 Å². The molecule has 0 radical (unpaired) electrons. The summed E-state index contributed by atoms with van der Waals surface area (Å²) in [6.07, 6.45) is 0.955. The minimum atomic E-state index is -0.232. The Hall–Kier alpha value is -2.69. The molecule has 0 aliphatic carbocycles. The molecule has 23 heavy (non-hydrogen) atoms. The Morgan fingerprint density at radius 1 is 0.957 bits per heavy atom. The highest BCUT2D eigenvalue weighted by Crippen LogP contribution is 2.23. The molecule has 0 fully saturated rings. The number of anilines is 1. The zero-order valence-corrected chi connectivity index (χ0v) is 13.6. The number of amides is 1. The van der Waals surface area contributed by atoms with Crippen molar-refractivity contribution < 1.29 is 19.0 Å². The third-order valence-electron chi connectivity index (χ3n) is 3.20. The van der Waals surface area contributed by atoms with Crippen LogP contribution in [0.3, 0.4) is 0 Å². The number of carbonyl (C=O) groups is 1. The highest BCUT2D eigenvalue weighted by Gasteiger charge is 2.10. The molecule has 5 nitrogen and oxygen atoms in total. The Labute approximate surface area is 136 Å². The lowest BCUT2D eigenvalue weighted by atomic mass is 10.1. The second kappa shape index (κ2) is 8.08. The smallest absolute Gasteiger partial charge is 0.255 e. The van der Waals surface area contributed by atoms with Gasteiger partial charge in [0.25, 0.3) is 5.91 Å². The SMILES string of the molecule is CCCOc1ccc(NC(=O)c2cc(OC)cc(OC)c2)cc1. The summed E-state index contributed by atoms with van der Waals surface area (Å²) >= 11 is 0. The van der Waals surface area contributed by atoms with E-state index >= 15 is 0 Å². The van der Waals surface area contributed by atoms with Gasteiger partial charge >= 0.3 is 0 Å². The second-order valence-corrected chi connectivity index (χ2v) is 4.93. The van der Waals surface area contributed by atoms with E-state index in [-0.39, 0.29) is 5.91 Å². The van der Waals surface area contributed by atoms with Crippen molar-refractivity contribution in [3.63, 3.8) is 0 Å². The second-order valence-electron chi connectivity index (χ2n) is 4.93. The third kappa shape index (κ3) is 4.64. The van der Waals surface area contributed by atoms with Crippen LogP contribution in [-0.2, 0) is 0 Å². The van der Waals surface area contributed by atoms with Gasteiger partial charge in [-0.2, -0.15) is 0 Å². The number of hydrogen-bond donors (Lipinski definition) is 1. The van der Waals surface area contributed by atoms with Crippen molar-refractivity contribution in [2.75, 3.05) is 26.1 Å². The molecule has 2 aromatic carbocycles. The highest BCUT2D eigenvalue weighted by atomic mass is 16.5. The Balaban J connectivity index is 2.09. The van der Waals surface area contributed by atoms with Crippen LogP contribution < -0.4 is 19.5 Å². The third-order valence-corrected chi connectivity index (χ3v) is 3.20. The maximum Gasteiger partial charge on any atom is 0.255 e. The van der Waals surface area contributed by atoms with Gasteiger partial charge < -0.3 is 19.5 Å². The van der Waals surface area contributed by atoms with Gasteiger partial charge in [-0.1, -0.05) is 6.92 Å². The Bertz CT molecular complexity index is 630. The van der Waals surface area contributed by atoms with Crippen molar-refractivity contribution in [3.05, 3.63) is 48.0 Å². The number of nitrogens with one attached hydrogen (secondary N) is 1. The molecule has 0 spiro atoms. The zero-order valence-electron chi connectivity index (χ0n) is 13.6. The van der Waals surface area contributed by atoms with Crippen LogP contribution in [0.25, 0.3) is 0 Å². The molecule has 1 amide bonds. The maximum absolute atomic E-state index is 12.4. The van der Waals surface area contributed by atoms with E-state index in [0.29, 0.717) is 29.4 Å². The molecule has 0 heterocycles. The topological polar surface area (TPSA) is 56.8 Å². The molecule has 0 atom stereocenters. The first-order valence-electron chi connectivity index (χ1n) is 7.43. The fourth-order valence-electron chi connectivity index (χ4n) is 2.00. The number of benzene rings is 2. The number of carbonyl (C=O) groups excluding carboxylic acids is 1. The van der Waals surface area contributed by atoms with Gasteiger partial charge in [0.2, 0.25) is 0 Å². The molecule has 0 aliphatic heterocycles. The van der Waals surface area contributed by atoms with Gasteiger partial charge in [-0.3, -0.25) is 4.79 Å². The van der Waals surface area contributed by atoms with E-state index in [1.54, 1.807) is 44.6 Å². The average molecular weight is 315 g/mol. The van der Waals surface area contributed by atoms with Crippen LogP contribution in [0.15, 0.2) is 42.5 Å². The normalized spacial score (nSPS) is 10.0. The summed E-state index contributed by atoms with van der Waals surface area (Å²) in [4.78, 5) is 12.4. The highest BCUT2D eigenvalue weighted by molar-refractivity contribution is 6.04. The van der Waals surface area contributed by atoms with Crippen LogP contribution in [0.1, 0.15) is 23.7 Å². The van der Waals surface area contributed by atoms with Crippen molar-refractivity contribution >= 4 is 11.6 Å². The maximum atomic E-state index is 12.4. The molecule has 2 rings (SSSR count). The molecular weight excluding hydrogens is 294 g/mol. The van der Waals surface area contributed by atoms with Crippen LogP contribution in [0.5, 0.6) is 17.2 Å². The van der Waals surface area contributed by atoms with E-state index in [1.165, 1.54) is 0 Å². The molecule has 0 aromatic heterocycles. The number of hydrogen-bond acceptors (Lipinski definition) is 4. The fraction of sp³-hybridized carbons (Fsp3) is 0.278. The molecule has 0 bridgehead atoms. The summed E-state index contributed by atoms with van der Waals surface area (Å²) in [6.45, 7) is 2.73. The lowest BCUT2D eigenvalue weighted by Gasteiger charge is -2.10. The summed E-state index contributed by atoms with van der Waals surface area (Å²) in [5.41, 5.74) is 1.16. The van der Waals surface area contributed by atoms with Crippen molar-refractivity contribution in [2.24, 2.45) is 0 Å². The summed E-state index contributed by atoms with van der Waals surface area (Å²) in [5.74, 6) is 1.69. The molecule has 0 unspecified atom stereocenters. The Kier molecular flexibility index (Phi) is 5.86. The predicted molar refractivity (Wildman–Crippen MR) is 89.7 cm³/mol. The van der Waals surface area contributed by atoms with Gasteiger partial charge in [-0.15, -0.1) is 0 Å². The van der Waals surface area contributed by atoms with E-state index < -0.39 is 0 Å². The van der Waals surface area contributed by atoms with Gasteiger partial charge in [-0.25, -0.2) is 0 Å². The minimum absolute atomic E-state index is 0.232. The lowest BCUT2D eigenvalue weighted by Crippen LogP contribution is -2.12. The van der Waals surface area contributed by atoms with Crippen LogP contribution in [0.4, 0.5) is 5.69 Å². The van der Waals surface area contributed by atoms with Crippen molar-refractivity contribution in [1.29, 1.82) is 0 Å². The molecule has 1 N–H and O–H groups in total. The van der Waals surface area contributed by atoms with Crippen molar-refractivity contribution in [3.8, 4) is 17.2 Å². The number of ether oxygens (including phenoxy) is 3. The van der Waals surface area contributed by atoms with Crippen molar-refractivity contribution in [2.45, 2.75) is 13.3 Å². The first-order chi connectivity index (χ1) is 11.2. The van der Waals surface area contributed by atoms with Crippen LogP contribution in [-0.4, -0.2) is 26.7 Å². The summed E-state index contributed by atoms with van der Waals surface area (Å²) in [7, 11) is 3.09. The van der Waals surface area contributed by atoms with Gasteiger partial charge in [0.15, 0.2) is 0 Å². The average Bonchev–Trinajstić information content (AvgIpc) is 2.60. The van der Waals surface area contributed by atoms with E-state index in [4.69, 9.17) is 14.2 Å². The first-order valence-corrected chi connectivity index (χ1v) is 7.43. The minimum Gasteiger partial charge on any atom is -0.497 e. The number of methoxy groups -OCH3 is 2. The Morgan fingerprint density at radius 2 is 1.57 bits per heavy atom. The quantitative estimate of drug-likeness (QED) is 0.845. The van der Waals surface area contributed by atoms with Gasteiger partial charge in [0.1, 0.15) is 17.2 Å². The van der Waals surface area contributed by atoms with Crippen LogP contribution in [0, 0.1) is 0 Å². The molecule has 122 valence electrons. The van der Waals surface area contributed by atoms with Crippen LogP contribution in [0.2, 0.25) is 0 Å². The summed E-state index contributed by atoms with van der Waals surface area (Å²) < 4.78 is 15.9. The number of rotatable bonds is 7. The van der Waals surface area contributed by atoms with E-state index in [9.17, 15) is 4.79 Å². The summed E-state index contributed by atoms with van der Waals surface area (Å²) in [6, 6.07) is 12.3. The fourth-order valence-corrected chi connectivity index (χ4v) is 2.00. The van der Waals surface area contributed by atoms with Crippen molar-refractivity contribution in [1.82, 2.24) is 0 Å². The zero-order chi connectivity index (χ0) is 16.7. The molecule has 0 saturated heterocycles. The molecule has 0 saturated carbocycles. The van der Waals surface area contributed by atoms with Gasteiger partial charge in [0.05, 0.1) is 20.8 Å². The monoisotopic (exact) mass is 315 g/mol. The van der Waals surface area contributed by atoms with Crippen LogP contribution >= 0.6 is 0 Å². The van der Waals surface area contributed by atoms with Gasteiger partial charge in [0, 0.05) is 17.3 Å². The molecule has 0 aliphatic rings. The first kappa shape index (κ1) is 16.7. The molecule has 5 heteroatoms. The molecule has 2 aromatic rings. The predicted octanol–water partition coefficient (Wildman–Crippen LogP) is 3.74. The largest absolute Gasteiger partial charge is 0.497 e. The lowest BCUT2D eigenvalue weighted by molar-refractivity contribution is 0.102. The standard InChI is InChI=1S/C18H21NO4/c1-4-9-23-15-7-5-14(6-8-15)19-18(20)13-10-16(21-2)12-17(11-13)22-3/h5-8,10-12H,4,9H2,1-3H3,(H,19,20). The molecular formula is C18H21NO4.